The molecule has 0 aliphatic carbocycles. The third-order valence-electron chi connectivity index (χ3n) is 3.60. The first kappa shape index (κ1) is 13.5. The molecule has 20 heavy (non-hydrogen) atoms. The van der Waals surface area contributed by atoms with Gasteiger partial charge in [0.15, 0.2) is 0 Å². The molecule has 1 saturated heterocycles. The number of piperidine rings is 1. The quantitative estimate of drug-likeness (QED) is 0.917. The zero-order valence-electron chi connectivity index (χ0n) is 11.8. The van der Waals surface area contributed by atoms with E-state index in [0.29, 0.717) is 6.04 Å². The summed E-state index contributed by atoms with van der Waals surface area (Å²) >= 11 is 1.68. The zero-order chi connectivity index (χ0) is 14.1. The minimum Gasteiger partial charge on any atom is -0.341 e. The molecule has 3 rings (SSSR count). The van der Waals surface area contributed by atoms with Crippen LogP contribution in [0.4, 0.5) is 5.95 Å². The topological polar surface area (TPSA) is 67.9 Å². The normalized spacial score (nSPS) is 16.6. The second-order valence-electron chi connectivity index (χ2n) is 5.21. The van der Waals surface area contributed by atoms with E-state index in [4.69, 9.17) is 10.7 Å². The third-order valence-corrected chi connectivity index (χ3v) is 4.70. The molecule has 2 aromatic heterocycles. The van der Waals surface area contributed by atoms with Gasteiger partial charge in [0, 0.05) is 25.3 Å². The Morgan fingerprint density at radius 2 is 2.00 bits per heavy atom. The highest BCUT2D eigenvalue weighted by molar-refractivity contribution is 7.15. The Morgan fingerprint density at radius 3 is 2.65 bits per heavy atom. The van der Waals surface area contributed by atoms with Crippen molar-refractivity contribution in [2.75, 3.05) is 18.0 Å². The highest BCUT2D eigenvalue weighted by Gasteiger charge is 2.19. The van der Waals surface area contributed by atoms with E-state index in [1.165, 1.54) is 0 Å². The minimum absolute atomic E-state index is 0.320. The van der Waals surface area contributed by atoms with Crippen molar-refractivity contribution in [1.82, 2.24) is 15.0 Å². The van der Waals surface area contributed by atoms with Crippen molar-refractivity contribution < 1.29 is 0 Å². The number of hydrogen-bond acceptors (Lipinski definition) is 6. The summed E-state index contributed by atoms with van der Waals surface area (Å²) in [6.07, 6.45) is 3.85. The Hall–Kier alpha value is -1.53. The van der Waals surface area contributed by atoms with Crippen molar-refractivity contribution in [3.8, 4) is 10.6 Å². The Kier molecular flexibility index (Phi) is 3.67. The molecule has 0 saturated carbocycles. The lowest BCUT2D eigenvalue weighted by Gasteiger charge is -2.30. The average Bonchev–Trinajstić information content (AvgIpc) is 2.79. The Morgan fingerprint density at radius 1 is 1.25 bits per heavy atom. The fraction of sp³-hybridized carbons (Fsp3) is 0.500. The van der Waals surface area contributed by atoms with E-state index in [1.807, 2.05) is 26.1 Å². The molecule has 0 spiro atoms. The molecule has 0 radical (unpaired) electrons. The van der Waals surface area contributed by atoms with Gasteiger partial charge in [-0.25, -0.2) is 15.0 Å². The van der Waals surface area contributed by atoms with Crippen LogP contribution < -0.4 is 10.6 Å². The molecule has 1 aliphatic heterocycles. The first-order chi connectivity index (χ1) is 9.63. The van der Waals surface area contributed by atoms with E-state index in [-0.39, 0.29) is 0 Å². The smallest absolute Gasteiger partial charge is 0.225 e. The lowest BCUT2D eigenvalue weighted by Crippen LogP contribution is -2.40. The summed E-state index contributed by atoms with van der Waals surface area (Å²) < 4.78 is 0. The van der Waals surface area contributed by atoms with Gasteiger partial charge in [-0.3, -0.25) is 0 Å². The molecule has 2 N–H and O–H groups in total. The van der Waals surface area contributed by atoms with Crippen LogP contribution in [0.3, 0.4) is 0 Å². The molecule has 1 aliphatic rings. The standard InChI is InChI=1S/C14H19N5S/c1-9-13(20-10(2)17-9)12-3-6-16-14(18-12)19-7-4-11(15)5-8-19/h3,6,11H,4-5,7-8,15H2,1-2H3. The van der Waals surface area contributed by atoms with Crippen LogP contribution in [0.25, 0.3) is 10.6 Å². The van der Waals surface area contributed by atoms with Crippen LogP contribution in [0.1, 0.15) is 23.5 Å². The maximum absolute atomic E-state index is 5.94. The van der Waals surface area contributed by atoms with Crippen molar-refractivity contribution in [2.24, 2.45) is 5.73 Å². The van der Waals surface area contributed by atoms with Crippen LogP contribution in [0.15, 0.2) is 12.3 Å². The number of thiazole rings is 1. The summed E-state index contributed by atoms with van der Waals surface area (Å²) in [5.41, 5.74) is 7.95. The second-order valence-corrected chi connectivity index (χ2v) is 6.42. The van der Waals surface area contributed by atoms with Gasteiger partial charge >= 0.3 is 0 Å². The molecule has 2 aromatic rings. The van der Waals surface area contributed by atoms with Crippen LogP contribution in [-0.2, 0) is 0 Å². The maximum atomic E-state index is 5.94. The number of nitrogens with zero attached hydrogens (tertiary/aromatic N) is 4. The molecular formula is C14H19N5S. The number of aryl methyl sites for hydroxylation is 2. The fourth-order valence-corrected chi connectivity index (χ4v) is 3.39. The summed E-state index contributed by atoms with van der Waals surface area (Å²) in [5.74, 6) is 0.805. The number of aromatic nitrogens is 3. The average molecular weight is 289 g/mol. The van der Waals surface area contributed by atoms with E-state index in [0.717, 1.165) is 53.2 Å². The van der Waals surface area contributed by atoms with E-state index < -0.39 is 0 Å². The number of hydrogen-bond donors (Lipinski definition) is 1. The predicted octanol–water partition coefficient (Wildman–Crippen LogP) is 2.14. The van der Waals surface area contributed by atoms with E-state index >= 15 is 0 Å². The molecule has 106 valence electrons. The second kappa shape index (κ2) is 5.46. The summed E-state index contributed by atoms with van der Waals surface area (Å²) in [7, 11) is 0. The molecule has 0 unspecified atom stereocenters. The van der Waals surface area contributed by atoms with E-state index in [9.17, 15) is 0 Å². The lowest BCUT2D eigenvalue weighted by atomic mass is 10.1. The van der Waals surface area contributed by atoms with Crippen molar-refractivity contribution in [2.45, 2.75) is 32.7 Å². The van der Waals surface area contributed by atoms with Crippen LogP contribution in [0.2, 0.25) is 0 Å². The number of nitrogens with two attached hydrogens (primary N) is 1. The van der Waals surface area contributed by atoms with Crippen LogP contribution >= 0.6 is 11.3 Å². The Balaban J connectivity index is 1.88. The summed E-state index contributed by atoms with van der Waals surface area (Å²) in [6, 6.07) is 2.28. The molecule has 6 heteroatoms. The Bertz CT molecular complexity index is 601. The van der Waals surface area contributed by atoms with Crippen LogP contribution in [-0.4, -0.2) is 34.1 Å². The predicted molar refractivity (Wildman–Crippen MR) is 82.0 cm³/mol. The molecule has 5 nitrogen and oxygen atoms in total. The monoisotopic (exact) mass is 289 g/mol. The molecule has 1 fully saturated rings. The van der Waals surface area contributed by atoms with Gasteiger partial charge in [-0.05, 0) is 32.8 Å². The van der Waals surface area contributed by atoms with Crippen LogP contribution in [0, 0.1) is 13.8 Å². The first-order valence-electron chi connectivity index (χ1n) is 6.91. The van der Waals surface area contributed by atoms with E-state index in [1.54, 1.807) is 11.3 Å². The molecule has 0 amide bonds. The molecule has 0 aromatic carbocycles. The van der Waals surface area contributed by atoms with Crippen molar-refractivity contribution in [3.05, 3.63) is 23.0 Å². The fourth-order valence-electron chi connectivity index (χ4n) is 2.50. The van der Waals surface area contributed by atoms with E-state index in [2.05, 4.69) is 14.9 Å². The lowest BCUT2D eigenvalue weighted by molar-refractivity contribution is 0.495. The largest absolute Gasteiger partial charge is 0.341 e. The van der Waals surface area contributed by atoms with Gasteiger partial charge in [0.2, 0.25) is 5.95 Å². The van der Waals surface area contributed by atoms with Gasteiger partial charge in [0.25, 0.3) is 0 Å². The third kappa shape index (κ3) is 2.66. The van der Waals surface area contributed by atoms with Gasteiger partial charge in [0.1, 0.15) is 0 Å². The zero-order valence-corrected chi connectivity index (χ0v) is 12.7. The van der Waals surface area contributed by atoms with Crippen molar-refractivity contribution in [1.29, 1.82) is 0 Å². The number of anilines is 1. The number of rotatable bonds is 2. The summed E-state index contributed by atoms with van der Waals surface area (Å²) in [4.78, 5) is 16.9. The van der Waals surface area contributed by atoms with Crippen LogP contribution in [0.5, 0.6) is 0 Å². The summed E-state index contributed by atoms with van der Waals surface area (Å²) in [6.45, 7) is 5.92. The molecular weight excluding hydrogens is 270 g/mol. The maximum Gasteiger partial charge on any atom is 0.225 e. The van der Waals surface area contributed by atoms with Gasteiger partial charge in [-0.15, -0.1) is 11.3 Å². The van der Waals surface area contributed by atoms with Gasteiger partial charge in [-0.1, -0.05) is 0 Å². The molecule has 0 atom stereocenters. The SMILES string of the molecule is Cc1nc(C)c(-c2ccnc(N3CCC(N)CC3)n2)s1. The highest BCUT2D eigenvalue weighted by atomic mass is 32.1. The Labute approximate surface area is 122 Å². The van der Waals surface area contributed by atoms with Gasteiger partial charge < -0.3 is 10.6 Å². The first-order valence-corrected chi connectivity index (χ1v) is 7.73. The van der Waals surface area contributed by atoms with Gasteiger partial charge in [-0.2, -0.15) is 0 Å². The van der Waals surface area contributed by atoms with Gasteiger partial charge in [0.05, 0.1) is 21.3 Å². The minimum atomic E-state index is 0.320. The van der Waals surface area contributed by atoms with Crippen molar-refractivity contribution >= 4 is 17.3 Å². The molecule has 0 bridgehead atoms. The highest BCUT2D eigenvalue weighted by Crippen LogP contribution is 2.29. The summed E-state index contributed by atoms with van der Waals surface area (Å²) in [5, 5.41) is 1.07. The van der Waals surface area contributed by atoms with Crippen molar-refractivity contribution in [3.63, 3.8) is 0 Å². The molecule has 3 heterocycles.